The number of nitro groups is 1. The molecule has 0 amide bonds. The van der Waals surface area contributed by atoms with Gasteiger partial charge in [0.1, 0.15) is 11.3 Å². The number of benzene rings is 2. The molecule has 0 bridgehead atoms. The first kappa shape index (κ1) is 20.2. The van der Waals surface area contributed by atoms with Crippen molar-refractivity contribution in [3.05, 3.63) is 70.7 Å². The van der Waals surface area contributed by atoms with Gasteiger partial charge in [-0.15, -0.1) is 0 Å². The van der Waals surface area contributed by atoms with E-state index in [1.54, 1.807) is 24.4 Å². The second kappa shape index (κ2) is 7.96. The third-order valence-corrected chi connectivity index (χ3v) is 7.08. The number of hydrogen-bond donors (Lipinski definition) is 0. The highest BCUT2D eigenvalue weighted by molar-refractivity contribution is 7.89. The second-order valence-electron chi connectivity index (χ2n) is 6.96. The number of anilines is 1. The number of hydrogen-bond acceptors (Lipinski definition) is 6. The predicted octanol–water partition coefficient (Wildman–Crippen LogP) is 3.18. The van der Waals surface area contributed by atoms with Crippen molar-refractivity contribution in [3.8, 4) is 0 Å². The maximum Gasteiger partial charge on any atom is 0.278 e. The standard InChI is InChI=1S/C20H19FN4O4S/c21-15-4-6-16(7-5-15)30(28,29)24-12-2-11-23(13-14-24)19-9-8-18(25(26)27)17-3-1-10-22-20(17)19/h1,3-10H,2,11-14H2. The molecule has 0 radical (unpaired) electrons. The molecule has 1 aliphatic rings. The number of pyridine rings is 1. The van der Waals surface area contributed by atoms with Crippen LogP contribution >= 0.6 is 0 Å². The molecule has 0 saturated carbocycles. The van der Waals surface area contributed by atoms with Gasteiger partial charge >= 0.3 is 0 Å². The van der Waals surface area contributed by atoms with Crippen LogP contribution in [0.2, 0.25) is 0 Å². The van der Waals surface area contributed by atoms with Crippen LogP contribution in [0, 0.1) is 15.9 Å². The Hall–Kier alpha value is -3.11. The molecule has 0 spiro atoms. The van der Waals surface area contributed by atoms with Crippen molar-refractivity contribution in [2.75, 3.05) is 31.1 Å². The van der Waals surface area contributed by atoms with Crippen LogP contribution in [-0.4, -0.2) is 48.8 Å². The summed E-state index contributed by atoms with van der Waals surface area (Å²) in [4.78, 5) is 17.3. The topological polar surface area (TPSA) is 96.6 Å². The minimum atomic E-state index is -3.73. The maximum absolute atomic E-state index is 13.2. The molecule has 3 aromatic rings. The zero-order chi connectivity index (χ0) is 21.3. The third kappa shape index (κ3) is 3.71. The van der Waals surface area contributed by atoms with Crippen molar-refractivity contribution in [1.82, 2.24) is 9.29 Å². The average molecular weight is 430 g/mol. The Labute approximate surface area is 172 Å². The Kier molecular flexibility index (Phi) is 5.35. The summed E-state index contributed by atoms with van der Waals surface area (Å²) in [5.41, 5.74) is 1.23. The number of halogens is 1. The Morgan fingerprint density at radius 1 is 1.00 bits per heavy atom. The van der Waals surface area contributed by atoms with Gasteiger partial charge in [-0.05, 0) is 48.9 Å². The normalized spacial score (nSPS) is 15.8. The highest BCUT2D eigenvalue weighted by Crippen LogP contribution is 2.32. The van der Waals surface area contributed by atoms with Gasteiger partial charge in [0, 0.05) is 38.4 Å². The molecule has 1 aliphatic heterocycles. The molecule has 0 unspecified atom stereocenters. The van der Waals surface area contributed by atoms with Crippen LogP contribution < -0.4 is 4.90 Å². The van der Waals surface area contributed by atoms with E-state index in [1.807, 2.05) is 4.90 Å². The molecule has 10 heteroatoms. The molecular formula is C20H19FN4O4S. The zero-order valence-electron chi connectivity index (χ0n) is 15.9. The SMILES string of the molecule is O=[N+]([O-])c1ccc(N2CCCN(S(=O)(=O)c3ccc(F)cc3)CC2)c2ncccc12. The van der Waals surface area contributed by atoms with Crippen molar-refractivity contribution in [2.45, 2.75) is 11.3 Å². The zero-order valence-corrected chi connectivity index (χ0v) is 16.8. The second-order valence-corrected chi connectivity index (χ2v) is 8.90. The van der Waals surface area contributed by atoms with E-state index in [0.29, 0.717) is 37.0 Å². The number of sulfonamides is 1. The first-order chi connectivity index (χ1) is 14.4. The van der Waals surface area contributed by atoms with Crippen LogP contribution in [0.5, 0.6) is 0 Å². The van der Waals surface area contributed by atoms with Crippen LogP contribution in [0.15, 0.2) is 59.6 Å². The molecule has 1 fully saturated rings. The summed E-state index contributed by atoms with van der Waals surface area (Å²) < 4.78 is 40.4. The molecule has 0 aliphatic carbocycles. The maximum atomic E-state index is 13.2. The van der Waals surface area contributed by atoms with Crippen molar-refractivity contribution in [2.24, 2.45) is 0 Å². The number of rotatable bonds is 4. The predicted molar refractivity (Wildman–Crippen MR) is 110 cm³/mol. The van der Waals surface area contributed by atoms with Gasteiger partial charge in [0.05, 0.1) is 20.9 Å². The fourth-order valence-corrected chi connectivity index (χ4v) is 5.16. The molecule has 0 N–H and O–H groups in total. The number of nitro benzene ring substituents is 1. The molecular weight excluding hydrogens is 411 g/mol. The number of aromatic nitrogens is 1. The van der Waals surface area contributed by atoms with Crippen molar-refractivity contribution >= 4 is 32.3 Å². The summed E-state index contributed by atoms with van der Waals surface area (Å²) in [7, 11) is -3.73. The average Bonchev–Trinajstić information content (AvgIpc) is 3.00. The smallest absolute Gasteiger partial charge is 0.278 e. The number of fused-ring (bicyclic) bond motifs is 1. The van der Waals surface area contributed by atoms with E-state index in [9.17, 15) is 22.9 Å². The Bertz CT molecular complexity index is 1200. The van der Waals surface area contributed by atoms with Crippen molar-refractivity contribution in [3.63, 3.8) is 0 Å². The lowest BCUT2D eigenvalue weighted by Gasteiger charge is -2.24. The molecule has 8 nitrogen and oxygen atoms in total. The lowest BCUT2D eigenvalue weighted by molar-refractivity contribution is -0.383. The lowest BCUT2D eigenvalue weighted by Crippen LogP contribution is -2.35. The summed E-state index contributed by atoms with van der Waals surface area (Å²) in [6.45, 7) is 1.56. The third-order valence-electron chi connectivity index (χ3n) is 5.17. The summed E-state index contributed by atoms with van der Waals surface area (Å²) in [6.07, 6.45) is 2.16. The summed E-state index contributed by atoms with van der Waals surface area (Å²) >= 11 is 0. The first-order valence-electron chi connectivity index (χ1n) is 9.41. The van der Waals surface area contributed by atoms with Gasteiger partial charge in [0.25, 0.3) is 5.69 Å². The highest BCUT2D eigenvalue weighted by Gasteiger charge is 2.28. The van der Waals surface area contributed by atoms with Gasteiger partial charge in [-0.25, -0.2) is 12.8 Å². The summed E-state index contributed by atoms with van der Waals surface area (Å²) in [6, 6.07) is 11.2. The van der Waals surface area contributed by atoms with Gasteiger partial charge < -0.3 is 4.90 Å². The van der Waals surface area contributed by atoms with E-state index in [2.05, 4.69) is 4.98 Å². The van der Waals surface area contributed by atoms with Crippen LogP contribution in [0.1, 0.15) is 6.42 Å². The Morgan fingerprint density at radius 3 is 2.50 bits per heavy atom. The van der Waals surface area contributed by atoms with E-state index >= 15 is 0 Å². The quantitative estimate of drug-likeness (QED) is 0.466. The van der Waals surface area contributed by atoms with Crippen molar-refractivity contribution in [1.29, 1.82) is 0 Å². The van der Waals surface area contributed by atoms with E-state index < -0.39 is 20.8 Å². The van der Waals surface area contributed by atoms with Crippen LogP contribution in [0.25, 0.3) is 10.9 Å². The monoisotopic (exact) mass is 430 g/mol. The number of non-ortho nitro benzene ring substituents is 1. The molecule has 2 aromatic carbocycles. The molecule has 30 heavy (non-hydrogen) atoms. The van der Waals surface area contributed by atoms with Gasteiger partial charge in [-0.3, -0.25) is 15.1 Å². The van der Waals surface area contributed by atoms with Crippen LogP contribution in [-0.2, 0) is 10.0 Å². The van der Waals surface area contributed by atoms with E-state index in [1.165, 1.54) is 22.5 Å². The molecule has 4 rings (SSSR count). The molecule has 156 valence electrons. The van der Waals surface area contributed by atoms with Gasteiger partial charge in [0.15, 0.2) is 0 Å². The Balaban J connectivity index is 1.62. The molecule has 2 heterocycles. The molecule has 0 atom stereocenters. The largest absolute Gasteiger partial charge is 0.368 e. The number of nitrogens with zero attached hydrogens (tertiary/aromatic N) is 4. The van der Waals surface area contributed by atoms with Crippen LogP contribution in [0.3, 0.4) is 0 Å². The van der Waals surface area contributed by atoms with E-state index in [4.69, 9.17) is 0 Å². The lowest BCUT2D eigenvalue weighted by atomic mass is 10.1. The summed E-state index contributed by atoms with van der Waals surface area (Å²) in [5.74, 6) is -0.492. The fourth-order valence-electron chi connectivity index (χ4n) is 3.69. The van der Waals surface area contributed by atoms with Crippen molar-refractivity contribution < 1.29 is 17.7 Å². The van der Waals surface area contributed by atoms with E-state index in [0.717, 1.165) is 17.8 Å². The van der Waals surface area contributed by atoms with Gasteiger partial charge in [0.2, 0.25) is 10.0 Å². The van der Waals surface area contributed by atoms with E-state index in [-0.39, 0.29) is 17.1 Å². The first-order valence-corrected chi connectivity index (χ1v) is 10.8. The highest BCUT2D eigenvalue weighted by atomic mass is 32.2. The fraction of sp³-hybridized carbons (Fsp3) is 0.250. The molecule has 1 aromatic heterocycles. The minimum Gasteiger partial charge on any atom is -0.368 e. The van der Waals surface area contributed by atoms with Crippen LogP contribution in [0.4, 0.5) is 15.8 Å². The van der Waals surface area contributed by atoms with Gasteiger partial charge in [-0.1, -0.05) is 0 Å². The minimum absolute atomic E-state index is 0.0165. The Morgan fingerprint density at radius 2 is 1.77 bits per heavy atom. The van der Waals surface area contributed by atoms with Gasteiger partial charge in [-0.2, -0.15) is 4.31 Å². The summed E-state index contributed by atoms with van der Waals surface area (Å²) in [5, 5.41) is 11.8. The molecule has 1 saturated heterocycles.